The van der Waals surface area contributed by atoms with Crippen molar-refractivity contribution in [3.05, 3.63) is 22.3 Å². The molecule has 3 nitrogen and oxygen atoms in total. The Bertz CT molecular complexity index is 374. The van der Waals surface area contributed by atoms with E-state index in [1.54, 1.807) is 12.3 Å². The molecule has 1 heterocycles. The van der Waals surface area contributed by atoms with Crippen LogP contribution < -0.4 is 5.32 Å². The Morgan fingerprint density at radius 2 is 2.14 bits per heavy atom. The summed E-state index contributed by atoms with van der Waals surface area (Å²) >= 11 is 3.28. The maximum absolute atomic E-state index is 8.89. The van der Waals surface area contributed by atoms with Crippen LogP contribution in [-0.2, 0) is 0 Å². The van der Waals surface area contributed by atoms with Crippen molar-refractivity contribution in [1.29, 1.82) is 5.26 Å². The quantitative estimate of drug-likeness (QED) is 0.838. The highest BCUT2D eigenvalue weighted by Gasteiger charge is 2.13. The number of halogens is 1. The van der Waals surface area contributed by atoms with Crippen molar-refractivity contribution in [2.24, 2.45) is 0 Å². The molecule has 14 heavy (non-hydrogen) atoms. The van der Waals surface area contributed by atoms with Gasteiger partial charge >= 0.3 is 0 Å². The summed E-state index contributed by atoms with van der Waals surface area (Å²) in [6.45, 7) is 6.08. The lowest BCUT2D eigenvalue weighted by molar-refractivity contribution is 0.630. The van der Waals surface area contributed by atoms with Crippen molar-refractivity contribution < 1.29 is 0 Å². The van der Waals surface area contributed by atoms with Gasteiger partial charge in [-0.1, -0.05) is 0 Å². The van der Waals surface area contributed by atoms with E-state index in [4.69, 9.17) is 5.26 Å². The Morgan fingerprint density at radius 1 is 1.50 bits per heavy atom. The van der Waals surface area contributed by atoms with Gasteiger partial charge in [-0.05, 0) is 42.8 Å². The molecule has 0 atom stereocenters. The zero-order valence-electron chi connectivity index (χ0n) is 8.43. The summed E-state index contributed by atoms with van der Waals surface area (Å²) in [5, 5.41) is 12.1. The predicted octanol–water partition coefficient (Wildman–Crippen LogP) is 2.93. The van der Waals surface area contributed by atoms with E-state index in [0.29, 0.717) is 11.4 Å². The van der Waals surface area contributed by atoms with Crippen LogP contribution in [0.5, 0.6) is 0 Å². The Morgan fingerprint density at radius 3 is 2.64 bits per heavy atom. The SMILES string of the molecule is CC(C)(C)Nc1ncc(Br)cc1C#N. The standard InChI is InChI=1S/C10H12BrN3/c1-10(2,3)14-9-7(5-12)4-8(11)6-13-9/h4,6H,1-3H3,(H,13,14). The van der Waals surface area contributed by atoms with Crippen molar-refractivity contribution in [1.82, 2.24) is 4.98 Å². The number of anilines is 1. The molecule has 0 aliphatic carbocycles. The van der Waals surface area contributed by atoms with Gasteiger partial charge in [-0.2, -0.15) is 5.26 Å². The van der Waals surface area contributed by atoms with Crippen LogP contribution in [0.25, 0.3) is 0 Å². The van der Waals surface area contributed by atoms with Crippen LogP contribution in [0.3, 0.4) is 0 Å². The molecule has 0 saturated heterocycles. The minimum atomic E-state index is -0.0908. The minimum Gasteiger partial charge on any atom is -0.364 e. The van der Waals surface area contributed by atoms with Crippen molar-refractivity contribution in [3.63, 3.8) is 0 Å². The fourth-order valence-corrected chi connectivity index (χ4v) is 1.31. The lowest BCUT2D eigenvalue weighted by Crippen LogP contribution is -2.27. The lowest BCUT2D eigenvalue weighted by Gasteiger charge is -2.21. The second kappa shape index (κ2) is 3.97. The van der Waals surface area contributed by atoms with Gasteiger partial charge < -0.3 is 5.32 Å². The summed E-state index contributed by atoms with van der Waals surface area (Å²) in [5.41, 5.74) is 0.459. The van der Waals surface area contributed by atoms with E-state index in [2.05, 4.69) is 32.3 Å². The molecule has 74 valence electrons. The Labute approximate surface area is 92.3 Å². The monoisotopic (exact) mass is 253 g/mol. The van der Waals surface area contributed by atoms with Crippen LogP contribution in [0.2, 0.25) is 0 Å². The molecule has 0 amide bonds. The summed E-state index contributed by atoms with van der Waals surface area (Å²) < 4.78 is 0.813. The van der Waals surface area contributed by atoms with Crippen LogP contribution in [0, 0.1) is 11.3 Å². The Hall–Kier alpha value is -1.08. The first kappa shape index (κ1) is 11.0. The normalized spacial score (nSPS) is 10.8. The Kier molecular flexibility index (Phi) is 3.12. The van der Waals surface area contributed by atoms with E-state index in [9.17, 15) is 0 Å². The highest BCUT2D eigenvalue weighted by atomic mass is 79.9. The number of hydrogen-bond acceptors (Lipinski definition) is 3. The van der Waals surface area contributed by atoms with Crippen molar-refractivity contribution in [3.8, 4) is 6.07 Å². The third-order valence-corrected chi connectivity index (χ3v) is 1.90. The van der Waals surface area contributed by atoms with E-state index >= 15 is 0 Å². The third kappa shape index (κ3) is 3.00. The van der Waals surface area contributed by atoms with Gasteiger partial charge in [-0.25, -0.2) is 4.98 Å². The van der Waals surface area contributed by atoms with Gasteiger partial charge in [0.05, 0.1) is 5.56 Å². The molecule has 0 unspecified atom stereocenters. The first-order valence-electron chi connectivity index (χ1n) is 4.26. The molecule has 0 bridgehead atoms. The number of nitrogens with one attached hydrogen (secondary N) is 1. The van der Waals surface area contributed by atoms with E-state index in [0.717, 1.165) is 4.47 Å². The lowest BCUT2D eigenvalue weighted by atomic mass is 10.1. The van der Waals surface area contributed by atoms with Gasteiger partial charge in [0, 0.05) is 16.2 Å². The van der Waals surface area contributed by atoms with E-state index in [-0.39, 0.29) is 5.54 Å². The predicted molar refractivity (Wildman–Crippen MR) is 60.0 cm³/mol. The van der Waals surface area contributed by atoms with Gasteiger partial charge in [0.2, 0.25) is 0 Å². The maximum Gasteiger partial charge on any atom is 0.144 e. The molecular weight excluding hydrogens is 242 g/mol. The van der Waals surface area contributed by atoms with Crippen molar-refractivity contribution >= 4 is 21.7 Å². The summed E-state index contributed by atoms with van der Waals surface area (Å²) in [5.74, 6) is 0.628. The van der Waals surface area contributed by atoms with Gasteiger partial charge in [-0.3, -0.25) is 0 Å². The largest absolute Gasteiger partial charge is 0.364 e. The van der Waals surface area contributed by atoms with Crippen LogP contribution in [0.1, 0.15) is 26.3 Å². The van der Waals surface area contributed by atoms with E-state index < -0.39 is 0 Å². The van der Waals surface area contributed by atoms with Crippen molar-refractivity contribution in [2.75, 3.05) is 5.32 Å². The zero-order chi connectivity index (χ0) is 10.8. The number of nitrogens with zero attached hydrogens (tertiary/aromatic N) is 2. The van der Waals surface area contributed by atoms with Crippen LogP contribution in [0.4, 0.5) is 5.82 Å². The minimum absolute atomic E-state index is 0.0908. The topological polar surface area (TPSA) is 48.7 Å². The van der Waals surface area contributed by atoms with Gasteiger partial charge in [0.1, 0.15) is 11.9 Å². The number of aromatic nitrogens is 1. The number of pyridine rings is 1. The molecule has 0 spiro atoms. The number of hydrogen-bond donors (Lipinski definition) is 1. The summed E-state index contributed by atoms with van der Waals surface area (Å²) in [6, 6.07) is 3.86. The van der Waals surface area contributed by atoms with Crippen LogP contribution in [0.15, 0.2) is 16.7 Å². The van der Waals surface area contributed by atoms with Gasteiger partial charge in [0.25, 0.3) is 0 Å². The molecule has 4 heteroatoms. The Balaban J connectivity index is 3.05. The molecule has 0 saturated carbocycles. The molecule has 1 aromatic rings. The zero-order valence-corrected chi connectivity index (χ0v) is 10.0. The maximum atomic E-state index is 8.89. The summed E-state index contributed by atoms with van der Waals surface area (Å²) in [4.78, 5) is 4.15. The highest BCUT2D eigenvalue weighted by molar-refractivity contribution is 9.10. The molecule has 1 N–H and O–H groups in total. The summed E-state index contributed by atoms with van der Waals surface area (Å²) in [7, 11) is 0. The van der Waals surface area contributed by atoms with E-state index in [1.165, 1.54) is 0 Å². The fourth-order valence-electron chi connectivity index (χ4n) is 0.979. The van der Waals surface area contributed by atoms with E-state index in [1.807, 2.05) is 20.8 Å². The number of nitriles is 1. The highest BCUT2D eigenvalue weighted by Crippen LogP contribution is 2.20. The first-order valence-corrected chi connectivity index (χ1v) is 5.05. The molecule has 0 aliphatic rings. The third-order valence-electron chi connectivity index (χ3n) is 1.47. The van der Waals surface area contributed by atoms with Gasteiger partial charge in [0.15, 0.2) is 0 Å². The van der Waals surface area contributed by atoms with Crippen LogP contribution in [-0.4, -0.2) is 10.5 Å². The van der Waals surface area contributed by atoms with Crippen LogP contribution >= 0.6 is 15.9 Å². The van der Waals surface area contributed by atoms with Gasteiger partial charge in [-0.15, -0.1) is 0 Å². The fraction of sp³-hybridized carbons (Fsp3) is 0.400. The molecule has 1 rings (SSSR count). The molecular formula is C10H12BrN3. The summed E-state index contributed by atoms with van der Waals surface area (Å²) in [6.07, 6.45) is 1.68. The van der Waals surface area contributed by atoms with Crippen molar-refractivity contribution in [2.45, 2.75) is 26.3 Å². The smallest absolute Gasteiger partial charge is 0.144 e. The molecule has 0 fully saturated rings. The number of rotatable bonds is 1. The average Bonchev–Trinajstić information content (AvgIpc) is 2.06. The average molecular weight is 254 g/mol. The molecule has 0 aromatic carbocycles. The molecule has 0 radical (unpaired) electrons. The first-order chi connectivity index (χ1) is 6.42. The molecule has 1 aromatic heterocycles. The second-order valence-corrected chi connectivity index (χ2v) is 4.95. The molecule has 0 aliphatic heterocycles. The second-order valence-electron chi connectivity index (χ2n) is 4.04.